The first-order valence-electron chi connectivity index (χ1n) is 8.76. The van der Waals surface area contributed by atoms with Crippen LogP contribution < -0.4 is 5.32 Å². The molecule has 3 unspecified atom stereocenters. The molecule has 2 aliphatic rings. The Morgan fingerprint density at radius 1 is 1.23 bits per heavy atom. The molecule has 2 heterocycles. The van der Waals surface area contributed by atoms with Crippen molar-refractivity contribution in [3.63, 3.8) is 0 Å². The maximum absolute atomic E-state index is 12.7. The summed E-state index contributed by atoms with van der Waals surface area (Å²) in [7, 11) is 0. The molecule has 2 aliphatic heterocycles. The van der Waals surface area contributed by atoms with E-state index in [0.717, 1.165) is 25.9 Å². The largest absolute Gasteiger partial charge is 0.341 e. The summed E-state index contributed by atoms with van der Waals surface area (Å²) < 4.78 is 0. The Morgan fingerprint density at radius 3 is 2.68 bits per heavy atom. The number of carbonyl (C=O) groups is 1. The Balaban J connectivity index is 1.63. The summed E-state index contributed by atoms with van der Waals surface area (Å²) >= 11 is 0. The Hall–Kier alpha value is -1.35. The summed E-state index contributed by atoms with van der Waals surface area (Å²) in [6.45, 7) is 6.12. The van der Waals surface area contributed by atoms with E-state index < -0.39 is 0 Å². The smallest absolute Gasteiger partial charge is 0.223 e. The molecule has 1 aromatic rings. The zero-order chi connectivity index (χ0) is 15.5. The molecule has 0 aliphatic carbocycles. The van der Waals surface area contributed by atoms with Crippen molar-refractivity contribution in [3.8, 4) is 0 Å². The van der Waals surface area contributed by atoms with Gasteiger partial charge in [0, 0.05) is 31.6 Å². The molecule has 2 fully saturated rings. The average molecular weight is 300 g/mol. The van der Waals surface area contributed by atoms with E-state index in [2.05, 4.69) is 48.3 Å². The summed E-state index contributed by atoms with van der Waals surface area (Å²) in [4.78, 5) is 14.8. The molecule has 3 heteroatoms. The van der Waals surface area contributed by atoms with Gasteiger partial charge in [-0.2, -0.15) is 0 Å². The van der Waals surface area contributed by atoms with Crippen molar-refractivity contribution in [1.29, 1.82) is 0 Å². The van der Waals surface area contributed by atoms with Gasteiger partial charge in [0.1, 0.15) is 0 Å². The molecule has 3 nitrogen and oxygen atoms in total. The number of nitrogens with zero attached hydrogens (tertiary/aromatic N) is 1. The number of aryl methyl sites for hydroxylation is 1. The van der Waals surface area contributed by atoms with E-state index in [9.17, 15) is 4.79 Å². The molecule has 0 spiro atoms. The SMILES string of the molecule is CCC(CC(=O)N1CCC2CCC(C1)N2)c1ccc(C)cc1. The van der Waals surface area contributed by atoms with Crippen molar-refractivity contribution in [1.82, 2.24) is 10.2 Å². The maximum atomic E-state index is 12.7. The number of hydrogen-bond acceptors (Lipinski definition) is 2. The average Bonchev–Trinajstić information content (AvgIpc) is 2.84. The van der Waals surface area contributed by atoms with E-state index in [0.29, 0.717) is 30.3 Å². The van der Waals surface area contributed by atoms with Crippen LogP contribution in [0.4, 0.5) is 0 Å². The number of benzene rings is 1. The molecule has 1 aromatic carbocycles. The second-order valence-corrected chi connectivity index (χ2v) is 6.99. The third kappa shape index (κ3) is 3.52. The fourth-order valence-corrected chi connectivity index (χ4v) is 3.85. The molecule has 120 valence electrons. The third-order valence-corrected chi connectivity index (χ3v) is 5.34. The van der Waals surface area contributed by atoms with Crippen LogP contribution in [0.1, 0.15) is 56.1 Å². The molecule has 22 heavy (non-hydrogen) atoms. The summed E-state index contributed by atoms with van der Waals surface area (Å²) in [5, 5.41) is 3.65. The van der Waals surface area contributed by atoms with Crippen LogP contribution in [0.25, 0.3) is 0 Å². The molecule has 2 bridgehead atoms. The highest BCUT2D eigenvalue weighted by Crippen LogP contribution is 2.26. The maximum Gasteiger partial charge on any atom is 0.223 e. The van der Waals surface area contributed by atoms with Crippen LogP contribution in [0, 0.1) is 6.92 Å². The zero-order valence-corrected chi connectivity index (χ0v) is 13.8. The standard InChI is InChI=1S/C19H28N2O/c1-3-15(16-6-4-14(2)5-7-16)12-19(22)21-11-10-17-8-9-18(13-21)20-17/h4-7,15,17-18,20H,3,8-13H2,1-2H3. The molecule has 0 saturated carbocycles. The van der Waals surface area contributed by atoms with Gasteiger partial charge in [-0.25, -0.2) is 0 Å². The predicted octanol–water partition coefficient (Wildman–Crippen LogP) is 3.23. The van der Waals surface area contributed by atoms with Crippen LogP contribution >= 0.6 is 0 Å². The first kappa shape index (κ1) is 15.5. The number of rotatable bonds is 4. The van der Waals surface area contributed by atoms with Crippen molar-refractivity contribution in [3.05, 3.63) is 35.4 Å². The lowest BCUT2D eigenvalue weighted by Crippen LogP contribution is -2.39. The molecular formula is C19H28N2O. The van der Waals surface area contributed by atoms with Gasteiger partial charge in [0.15, 0.2) is 0 Å². The van der Waals surface area contributed by atoms with Crippen molar-refractivity contribution in [2.45, 2.75) is 64.0 Å². The monoisotopic (exact) mass is 300 g/mol. The van der Waals surface area contributed by atoms with Crippen LogP contribution in [0.5, 0.6) is 0 Å². The van der Waals surface area contributed by atoms with E-state index in [1.54, 1.807) is 0 Å². The number of fused-ring (bicyclic) bond motifs is 2. The highest BCUT2D eigenvalue weighted by Gasteiger charge is 2.31. The van der Waals surface area contributed by atoms with Crippen molar-refractivity contribution in [2.24, 2.45) is 0 Å². The minimum absolute atomic E-state index is 0.335. The minimum Gasteiger partial charge on any atom is -0.341 e. The molecule has 2 saturated heterocycles. The number of amides is 1. The number of hydrogen-bond donors (Lipinski definition) is 1. The van der Waals surface area contributed by atoms with E-state index in [1.807, 2.05) is 0 Å². The Morgan fingerprint density at radius 2 is 1.95 bits per heavy atom. The molecule has 0 aromatic heterocycles. The van der Waals surface area contributed by atoms with Gasteiger partial charge in [0.2, 0.25) is 5.91 Å². The quantitative estimate of drug-likeness (QED) is 0.926. The minimum atomic E-state index is 0.335. The van der Waals surface area contributed by atoms with Gasteiger partial charge in [-0.05, 0) is 44.1 Å². The lowest BCUT2D eigenvalue weighted by molar-refractivity contribution is -0.131. The summed E-state index contributed by atoms with van der Waals surface area (Å²) in [5.74, 6) is 0.684. The van der Waals surface area contributed by atoms with E-state index in [4.69, 9.17) is 0 Å². The molecular weight excluding hydrogens is 272 g/mol. The van der Waals surface area contributed by atoms with Gasteiger partial charge in [-0.15, -0.1) is 0 Å². The zero-order valence-electron chi connectivity index (χ0n) is 13.8. The van der Waals surface area contributed by atoms with Crippen LogP contribution in [0.15, 0.2) is 24.3 Å². The molecule has 0 radical (unpaired) electrons. The lowest BCUT2D eigenvalue weighted by Gasteiger charge is -2.26. The number of nitrogens with one attached hydrogen (secondary N) is 1. The van der Waals surface area contributed by atoms with Crippen molar-refractivity contribution >= 4 is 5.91 Å². The van der Waals surface area contributed by atoms with Gasteiger partial charge in [-0.3, -0.25) is 4.79 Å². The predicted molar refractivity (Wildman–Crippen MR) is 90.0 cm³/mol. The Bertz CT molecular complexity index is 511. The van der Waals surface area contributed by atoms with Crippen molar-refractivity contribution < 1.29 is 4.79 Å². The van der Waals surface area contributed by atoms with Crippen LogP contribution in [0.2, 0.25) is 0 Å². The lowest BCUT2D eigenvalue weighted by atomic mass is 9.92. The van der Waals surface area contributed by atoms with E-state index in [1.165, 1.54) is 24.0 Å². The fraction of sp³-hybridized carbons (Fsp3) is 0.632. The second-order valence-electron chi connectivity index (χ2n) is 6.99. The fourth-order valence-electron chi connectivity index (χ4n) is 3.85. The van der Waals surface area contributed by atoms with E-state index in [-0.39, 0.29) is 0 Å². The number of likely N-dealkylation sites (tertiary alicyclic amines) is 1. The van der Waals surface area contributed by atoms with Gasteiger partial charge >= 0.3 is 0 Å². The highest BCUT2D eigenvalue weighted by molar-refractivity contribution is 5.77. The topological polar surface area (TPSA) is 32.3 Å². The first-order valence-corrected chi connectivity index (χ1v) is 8.76. The van der Waals surface area contributed by atoms with Gasteiger partial charge < -0.3 is 10.2 Å². The third-order valence-electron chi connectivity index (χ3n) is 5.34. The Labute approximate surface area is 134 Å². The highest BCUT2D eigenvalue weighted by atomic mass is 16.2. The molecule has 3 atom stereocenters. The van der Waals surface area contributed by atoms with Gasteiger partial charge in [-0.1, -0.05) is 36.8 Å². The van der Waals surface area contributed by atoms with Crippen LogP contribution in [-0.2, 0) is 4.79 Å². The van der Waals surface area contributed by atoms with Gasteiger partial charge in [0.25, 0.3) is 0 Å². The summed E-state index contributed by atoms with van der Waals surface area (Å²) in [6.07, 6.45) is 5.30. The molecule has 1 amide bonds. The van der Waals surface area contributed by atoms with Crippen molar-refractivity contribution in [2.75, 3.05) is 13.1 Å². The van der Waals surface area contributed by atoms with Gasteiger partial charge in [0.05, 0.1) is 0 Å². The Kier molecular flexibility index (Phi) is 4.82. The first-order chi connectivity index (χ1) is 10.7. The van der Waals surface area contributed by atoms with E-state index >= 15 is 0 Å². The number of carbonyl (C=O) groups excluding carboxylic acids is 1. The van der Waals surface area contributed by atoms with Crippen LogP contribution in [0.3, 0.4) is 0 Å². The summed E-state index contributed by atoms with van der Waals surface area (Å²) in [6, 6.07) is 9.83. The molecule has 3 rings (SSSR count). The van der Waals surface area contributed by atoms with Crippen LogP contribution in [-0.4, -0.2) is 36.0 Å². The summed E-state index contributed by atoms with van der Waals surface area (Å²) in [5.41, 5.74) is 2.58. The normalized spacial score (nSPS) is 25.8. The second kappa shape index (κ2) is 6.82. The molecule has 1 N–H and O–H groups in total.